The number of piperidine rings is 1. The molecule has 1 saturated heterocycles. The molecule has 0 radical (unpaired) electrons. The van der Waals surface area contributed by atoms with Crippen LogP contribution in [-0.4, -0.2) is 43.0 Å². The Morgan fingerprint density at radius 3 is 2.96 bits per heavy atom. The summed E-state index contributed by atoms with van der Waals surface area (Å²) in [6.07, 6.45) is 1.51. The summed E-state index contributed by atoms with van der Waals surface area (Å²) in [5.74, 6) is 0.0562. The minimum Gasteiger partial charge on any atom is -0.429 e. The summed E-state index contributed by atoms with van der Waals surface area (Å²) in [6.45, 7) is 3.82. The number of oxazole rings is 1. The topological polar surface area (TPSA) is 76.9 Å². The van der Waals surface area contributed by atoms with Gasteiger partial charge < -0.3 is 14.4 Å². The Balaban J connectivity index is 2.00. The van der Waals surface area contributed by atoms with Crippen molar-refractivity contribution in [2.45, 2.75) is 37.4 Å². The van der Waals surface area contributed by atoms with Gasteiger partial charge in [-0.25, -0.2) is 8.42 Å². The SMILES string of the molecule is CCS(=O)(=O)c1ccc2oc(=S)n(C[NH+]3CCC[C@@H](O)C3)c2c1. The minimum absolute atomic E-state index is 0.0562. The molecule has 3 rings (SSSR count). The molecule has 1 aromatic carbocycles. The van der Waals surface area contributed by atoms with Crippen molar-refractivity contribution in [2.24, 2.45) is 0 Å². The van der Waals surface area contributed by atoms with Crippen LogP contribution in [0.25, 0.3) is 11.1 Å². The van der Waals surface area contributed by atoms with Crippen LogP contribution in [0.2, 0.25) is 0 Å². The van der Waals surface area contributed by atoms with Gasteiger partial charge in [-0.15, -0.1) is 0 Å². The van der Waals surface area contributed by atoms with E-state index in [2.05, 4.69) is 0 Å². The fourth-order valence-corrected chi connectivity index (χ4v) is 4.20. The summed E-state index contributed by atoms with van der Waals surface area (Å²) < 4.78 is 31.6. The van der Waals surface area contributed by atoms with E-state index in [4.69, 9.17) is 16.6 Å². The van der Waals surface area contributed by atoms with E-state index in [0.717, 1.165) is 19.4 Å². The van der Waals surface area contributed by atoms with Crippen molar-refractivity contribution in [3.05, 3.63) is 23.0 Å². The molecule has 0 bridgehead atoms. The van der Waals surface area contributed by atoms with Crippen LogP contribution < -0.4 is 4.90 Å². The van der Waals surface area contributed by atoms with Crippen molar-refractivity contribution >= 4 is 33.2 Å². The molecule has 1 unspecified atom stereocenters. The lowest BCUT2D eigenvalue weighted by atomic mass is 10.1. The molecule has 0 saturated carbocycles. The summed E-state index contributed by atoms with van der Waals surface area (Å²) in [4.78, 5) is 1.83. The maximum absolute atomic E-state index is 12.1. The molecule has 126 valence electrons. The normalized spacial score (nSPS) is 22.5. The molecular weight excluding hydrogens is 336 g/mol. The first-order chi connectivity index (χ1) is 10.9. The van der Waals surface area contributed by atoms with Crippen LogP contribution in [0.4, 0.5) is 0 Å². The van der Waals surface area contributed by atoms with E-state index in [0.29, 0.717) is 29.2 Å². The van der Waals surface area contributed by atoms with E-state index in [1.807, 2.05) is 4.57 Å². The van der Waals surface area contributed by atoms with Crippen molar-refractivity contribution in [1.29, 1.82) is 0 Å². The highest BCUT2D eigenvalue weighted by atomic mass is 32.2. The summed E-state index contributed by atoms with van der Waals surface area (Å²) in [7, 11) is -3.27. The Hall–Kier alpha value is -1.22. The maximum Gasteiger partial charge on any atom is 0.274 e. The maximum atomic E-state index is 12.1. The van der Waals surface area contributed by atoms with Crippen LogP contribution in [0.5, 0.6) is 0 Å². The number of aromatic nitrogens is 1. The molecular formula is C15H21N2O4S2+. The second kappa shape index (κ2) is 6.35. The van der Waals surface area contributed by atoms with Crippen LogP contribution in [-0.2, 0) is 16.5 Å². The van der Waals surface area contributed by atoms with E-state index in [1.54, 1.807) is 25.1 Å². The average Bonchev–Trinajstić information content (AvgIpc) is 2.83. The van der Waals surface area contributed by atoms with Crippen LogP contribution in [0.15, 0.2) is 27.5 Å². The standard InChI is InChI=1S/C15H20N2O4S2/c1-2-23(19,20)12-5-6-14-13(8-12)17(15(22)21-14)10-16-7-3-4-11(18)9-16/h5-6,8,11,18H,2-4,7,9-10H2,1H3/p+1/t11-/m1/s1. The molecule has 1 aliphatic heterocycles. The number of nitrogens with one attached hydrogen (secondary N) is 1. The third-order valence-electron chi connectivity index (χ3n) is 4.35. The number of benzene rings is 1. The number of hydrogen-bond acceptors (Lipinski definition) is 5. The van der Waals surface area contributed by atoms with Gasteiger partial charge in [-0.3, -0.25) is 4.57 Å². The number of likely N-dealkylation sites (tertiary alicyclic amines) is 1. The summed E-state index contributed by atoms with van der Waals surface area (Å²) >= 11 is 5.29. The van der Waals surface area contributed by atoms with Crippen molar-refractivity contribution in [3.8, 4) is 0 Å². The average molecular weight is 357 g/mol. The number of quaternary nitrogens is 1. The van der Waals surface area contributed by atoms with Gasteiger partial charge in [0, 0.05) is 0 Å². The fraction of sp³-hybridized carbons (Fsp3) is 0.533. The predicted octanol–water partition coefficient (Wildman–Crippen LogP) is 0.754. The Labute approximate surface area is 140 Å². The molecule has 2 N–H and O–H groups in total. The fourth-order valence-electron chi connectivity index (χ4n) is 3.04. The summed E-state index contributed by atoms with van der Waals surface area (Å²) in [6, 6.07) is 4.85. The zero-order valence-electron chi connectivity index (χ0n) is 13.0. The minimum atomic E-state index is -3.27. The highest BCUT2D eigenvalue weighted by Crippen LogP contribution is 2.22. The highest BCUT2D eigenvalue weighted by Gasteiger charge is 2.23. The van der Waals surface area contributed by atoms with Gasteiger partial charge in [0.25, 0.3) is 4.84 Å². The Bertz CT molecular complexity index is 869. The van der Waals surface area contributed by atoms with Crippen LogP contribution in [0.3, 0.4) is 0 Å². The molecule has 2 aromatic rings. The van der Waals surface area contributed by atoms with Gasteiger partial charge in [0.15, 0.2) is 22.1 Å². The largest absolute Gasteiger partial charge is 0.429 e. The van der Waals surface area contributed by atoms with Crippen molar-refractivity contribution in [3.63, 3.8) is 0 Å². The Morgan fingerprint density at radius 2 is 2.26 bits per heavy atom. The first-order valence-electron chi connectivity index (χ1n) is 7.78. The molecule has 0 amide bonds. The lowest BCUT2D eigenvalue weighted by Crippen LogP contribution is -3.13. The molecule has 1 fully saturated rings. The number of sulfone groups is 1. The summed E-state index contributed by atoms with van der Waals surface area (Å²) in [5, 5.41) is 9.81. The first-order valence-corrected chi connectivity index (χ1v) is 9.84. The molecule has 1 aliphatic rings. The van der Waals surface area contributed by atoms with Gasteiger partial charge in [0.1, 0.15) is 12.6 Å². The second-order valence-electron chi connectivity index (χ2n) is 5.99. The number of aliphatic hydroxyl groups is 1. The van der Waals surface area contributed by atoms with Gasteiger partial charge >= 0.3 is 0 Å². The Kier molecular flexibility index (Phi) is 4.59. The van der Waals surface area contributed by atoms with E-state index in [-0.39, 0.29) is 16.8 Å². The summed E-state index contributed by atoms with van der Waals surface area (Å²) in [5.41, 5.74) is 1.28. The smallest absolute Gasteiger partial charge is 0.274 e. The third kappa shape index (κ3) is 3.35. The number of hydrogen-bond donors (Lipinski definition) is 2. The predicted molar refractivity (Wildman–Crippen MR) is 88.7 cm³/mol. The molecule has 0 spiro atoms. The van der Waals surface area contributed by atoms with Crippen molar-refractivity contribution < 1.29 is 22.8 Å². The zero-order chi connectivity index (χ0) is 16.6. The van der Waals surface area contributed by atoms with E-state index in [1.165, 1.54) is 4.90 Å². The molecule has 23 heavy (non-hydrogen) atoms. The van der Waals surface area contributed by atoms with Crippen molar-refractivity contribution in [1.82, 2.24) is 4.57 Å². The van der Waals surface area contributed by atoms with Crippen LogP contribution in [0.1, 0.15) is 19.8 Å². The highest BCUT2D eigenvalue weighted by molar-refractivity contribution is 7.91. The van der Waals surface area contributed by atoms with E-state index >= 15 is 0 Å². The lowest BCUT2D eigenvalue weighted by molar-refractivity contribution is -0.930. The molecule has 6 nitrogen and oxygen atoms in total. The number of fused-ring (bicyclic) bond motifs is 1. The van der Waals surface area contributed by atoms with Crippen molar-refractivity contribution in [2.75, 3.05) is 18.8 Å². The molecule has 2 atom stereocenters. The van der Waals surface area contributed by atoms with Crippen LogP contribution >= 0.6 is 12.2 Å². The molecule has 1 aromatic heterocycles. The number of nitrogens with zero attached hydrogens (tertiary/aromatic N) is 1. The van der Waals surface area contributed by atoms with Gasteiger partial charge in [-0.1, -0.05) is 6.92 Å². The van der Waals surface area contributed by atoms with Gasteiger partial charge in [-0.05, 0) is 43.3 Å². The lowest BCUT2D eigenvalue weighted by Gasteiger charge is -2.27. The number of aliphatic hydroxyl groups excluding tert-OH is 1. The van der Waals surface area contributed by atoms with E-state index in [9.17, 15) is 13.5 Å². The molecule has 8 heteroatoms. The quantitative estimate of drug-likeness (QED) is 0.790. The monoisotopic (exact) mass is 357 g/mol. The van der Waals surface area contributed by atoms with E-state index < -0.39 is 9.84 Å². The molecule has 0 aliphatic carbocycles. The number of rotatable bonds is 4. The van der Waals surface area contributed by atoms with Crippen LogP contribution in [0, 0.1) is 4.84 Å². The van der Waals surface area contributed by atoms with Gasteiger partial charge in [0.2, 0.25) is 0 Å². The Morgan fingerprint density at radius 1 is 1.48 bits per heavy atom. The zero-order valence-corrected chi connectivity index (χ0v) is 14.6. The second-order valence-corrected chi connectivity index (χ2v) is 8.61. The van der Waals surface area contributed by atoms with Gasteiger partial charge in [-0.2, -0.15) is 0 Å². The third-order valence-corrected chi connectivity index (χ3v) is 6.39. The molecule has 2 heterocycles. The van der Waals surface area contributed by atoms with Gasteiger partial charge in [0.05, 0.1) is 22.7 Å². The first kappa shape index (κ1) is 16.6.